The minimum atomic E-state index is 0.748. The molecule has 19 heavy (non-hydrogen) atoms. The highest BCUT2D eigenvalue weighted by Gasteiger charge is 2.15. The number of benzene rings is 1. The van der Waals surface area contributed by atoms with Gasteiger partial charge >= 0.3 is 0 Å². The molecule has 2 nitrogen and oxygen atoms in total. The molecule has 2 aromatic rings. The maximum Gasteiger partial charge on any atom is 0.0935 e. The molecule has 0 bridgehead atoms. The number of thiazole rings is 1. The predicted molar refractivity (Wildman–Crippen MR) is 81.9 cm³/mol. The fourth-order valence-electron chi connectivity index (χ4n) is 2.50. The second-order valence-corrected chi connectivity index (χ2v) is 6.43. The number of aromatic nitrogens is 1. The van der Waals surface area contributed by atoms with Gasteiger partial charge in [0, 0.05) is 22.4 Å². The van der Waals surface area contributed by atoms with E-state index in [1.165, 1.54) is 24.4 Å². The lowest BCUT2D eigenvalue weighted by molar-refractivity contribution is 0.376. The van der Waals surface area contributed by atoms with Gasteiger partial charge in [-0.25, -0.2) is 4.98 Å². The van der Waals surface area contributed by atoms with E-state index in [0.717, 1.165) is 35.2 Å². The topological polar surface area (TPSA) is 24.9 Å². The Morgan fingerprint density at radius 1 is 1.32 bits per heavy atom. The average molecular weight is 293 g/mol. The van der Waals surface area contributed by atoms with Crippen LogP contribution in [0, 0.1) is 5.92 Å². The van der Waals surface area contributed by atoms with Crippen molar-refractivity contribution >= 4 is 22.9 Å². The summed E-state index contributed by atoms with van der Waals surface area (Å²) in [6.07, 6.45) is 3.72. The number of nitrogens with zero attached hydrogens (tertiary/aromatic N) is 1. The Hall–Kier alpha value is -0.900. The van der Waals surface area contributed by atoms with E-state index in [0.29, 0.717) is 0 Å². The molecule has 1 aromatic carbocycles. The molecule has 1 aliphatic rings. The molecule has 4 heteroatoms. The van der Waals surface area contributed by atoms with Crippen molar-refractivity contribution in [3.8, 4) is 11.3 Å². The van der Waals surface area contributed by atoms with Crippen molar-refractivity contribution in [2.75, 3.05) is 13.1 Å². The predicted octanol–water partition coefficient (Wildman–Crippen LogP) is 4.01. The smallest absolute Gasteiger partial charge is 0.0935 e. The quantitative estimate of drug-likeness (QED) is 0.925. The third-order valence-corrected chi connectivity index (χ3v) is 4.68. The summed E-state index contributed by atoms with van der Waals surface area (Å²) < 4.78 is 0. The summed E-state index contributed by atoms with van der Waals surface area (Å²) in [6.45, 7) is 2.31. The standard InChI is InChI=1S/C15H17ClN2S/c16-13-5-3-12(4-6-13)14-10-19-15(18-14)8-11-2-1-7-17-9-11/h3-6,10-11,17H,1-2,7-9H2. The van der Waals surface area contributed by atoms with Crippen molar-refractivity contribution in [3.05, 3.63) is 39.7 Å². The summed E-state index contributed by atoms with van der Waals surface area (Å²) in [5, 5.41) is 7.63. The van der Waals surface area contributed by atoms with Gasteiger partial charge in [0.15, 0.2) is 0 Å². The molecule has 3 rings (SSSR count). The van der Waals surface area contributed by atoms with E-state index in [1.807, 2.05) is 24.3 Å². The summed E-state index contributed by atoms with van der Waals surface area (Å²) in [6, 6.07) is 7.90. The van der Waals surface area contributed by atoms with Gasteiger partial charge in [0.25, 0.3) is 0 Å². The molecule has 1 atom stereocenters. The first-order chi connectivity index (χ1) is 9.31. The van der Waals surface area contributed by atoms with E-state index in [9.17, 15) is 0 Å². The first-order valence-corrected chi connectivity index (χ1v) is 7.98. The fraction of sp³-hybridized carbons (Fsp3) is 0.400. The van der Waals surface area contributed by atoms with Crippen LogP contribution >= 0.6 is 22.9 Å². The number of hydrogen-bond acceptors (Lipinski definition) is 3. The number of piperidine rings is 1. The second kappa shape index (κ2) is 6.04. The zero-order chi connectivity index (χ0) is 13.1. The Kier molecular flexibility index (Phi) is 4.16. The summed E-state index contributed by atoms with van der Waals surface area (Å²) in [5.41, 5.74) is 2.22. The van der Waals surface area contributed by atoms with Crippen molar-refractivity contribution in [2.45, 2.75) is 19.3 Å². The van der Waals surface area contributed by atoms with Crippen LogP contribution in [0.25, 0.3) is 11.3 Å². The monoisotopic (exact) mass is 292 g/mol. The molecule has 0 spiro atoms. The largest absolute Gasteiger partial charge is 0.316 e. The van der Waals surface area contributed by atoms with E-state index in [-0.39, 0.29) is 0 Å². The van der Waals surface area contributed by atoms with E-state index < -0.39 is 0 Å². The van der Waals surface area contributed by atoms with Crippen LogP contribution in [0.4, 0.5) is 0 Å². The first kappa shape index (κ1) is 13.1. The third kappa shape index (κ3) is 3.35. The van der Waals surface area contributed by atoms with Crippen LogP contribution in [0.5, 0.6) is 0 Å². The van der Waals surface area contributed by atoms with Gasteiger partial charge < -0.3 is 5.32 Å². The zero-order valence-corrected chi connectivity index (χ0v) is 12.3. The molecule has 0 aliphatic carbocycles. The lowest BCUT2D eigenvalue weighted by atomic mass is 9.97. The first-order valence-electron chi connectivity index (χ1n) is 6.72. The van der Waals surface area contributed by atoms with Gasteiger partial charge in [-0.3, -0.25) is 0 Å². The van der Waals surface area contributed by atoms with E-state index >= 15 is 0 Å². The highest BCUT2D eigenvalue weighted by atomic mass is 35.5. The SMILES string of the molecule is Clc1ccc(-c2csc(CC3CCCNC3)n2)cc1. The van der Waals surface area contributed by atoms with E-state index in [2.05, 4.69) is 10.7 Å². The van der Waals surface area contributed by atoms with Gasteiger partial charge in [-0.1, -0.05) is 23.7 Å². The Labute approximate surface area is 122 Å². The molecule has 1 aliphatic heterocycles. The van der Waals surface area contributed by atoms with Crippen molar-refractivity contribution in [1.29, 1.82) is 0 Å². The molecule has 0 saturated carbocycles. The van der Waals surface area contributed by atoms with Gasteiger partial charge in [0.1, 0.15) is 0 Å². The Balaban J connectivity index is 1.70. The molecule has 1 fully saturated rings. The van der Waals surface area contributed by atoms with Crippen LogP contribution in [-0.2, 0) is 6.42 Å². The highest BCUT2D eigenvalue weighted by molar-refractivity contribution is 7.09. The van der Waals surface area contributed by atoms with Crippen molar-refractivity contribution in [3.63, 3.8) is 0 Å². The molecule has 1 saturated heterocycles. The molecular weight excluding hydrogens is 276 g/mol. The van der Waals surface area contributed by atoms with E-state index in [4.69, 9.17) is 16.6 Å². The molecule has 2 heterocycles. The maximum absolute atomic E-state index is 5.91. The van der Waals surface area contributed by atoms with Gasteiger partial charge in [0.05, 0.1) is 10.7 Å². The zero-order valence-electron chi connectivity index (χ0n) is 10.7. The van der Waals surface area contributed by atoms with E-state index in [1.54, 1.807) is 11.3 Å². The highest BCUT2D eigenvalue weighted by Crippen LogP contribution is 2.25. The lowest BCUT2D eigenvalue weighted by Crippen LogP contribution is -2.30. The molecule has 0 radical (unpaired) electrons. The Morgan fingerprint density at radius 2 is 2.16 bits per heavy atom. The number of halogens is 1. The Morgan fingerprint density at radius 3 is 2.89 bits per heavy atom. The molecule has 1 aromatic heterocycles. The van der Waals surface area contributed by atoms with Crippen LogP contribution in [0.1, 0.15) is 17.8 Å². The van der Waals surface area contributed by atoms with Crippen LogP contribution in [0.2, 0.25) is 5.02 Å². The van der Waals surface area contributed by atoms with Crippen molar-refractivity contribution < 1.29 is 0 Å². The molecular formula is C15H17ClN2S. The number of hydrogen-bond donors (Lipinski definition) is 1. The summed E-state index contributed by atoms with van der Waals surface area (Å²) in [4.78, 5) is 4.75. The van der Waals surface area contributed by atoms with Crippen molar-refractivity contribution in [1.82, 2.24) is 10.3 Å². The van der Waals surface area contributed by atoms with Gasteiger partial charge in [0.2, 0.25) is 0 Å². The minimum absolute atomic E-state index is 0.748. The van der Waals surface area contributed by atoms with Crippen LogP contribution in [0.3, 0.4) is 0 Å². The third-order valence-electron chi connectivity index (χ3n) is 3.55. The molecule has 0 amide bonds. The van der Waals surface area contributed by atoms with Crippen LogP contribution in [-0.4, -0.2) is 18.1 Å². The second-order valence-electron chi connectivity index (χ2n) is 5.05. The number of rotatable bonds is 3. The Bertz CT molecular complexity index is 529. The maximum atomic E-state index is 5.91. The molecule has 100 valence electrons. The van der Waals surface area contributed by atoms with Gasteiger partial charge in [-0.2, -0.15) is 0 Å². The minimum Gasteiger partial charge on any atom is -0.316 e. The van der Waals surface area contributed by atoms with Crippen LogP contribution < -0.4 is 5.32 Å². The summed E-state index contributed by atoms with van der Waals surface area (Å²) in [7, 11) is 0. The van der Waals surface area contributed by atoms with Gasteiger partial charge in [-0.15, -0.1) is 11.3 Å². The summed E-state index contributed by atoms with van der Waals surface area (Å²) in [5.74, 6) is 0.748. The normalized spacial score (nSPS) is 19.5. The average Bonchev–Trinajstić information content (AvgIpc) is 2.89. The molecule has 1 unspecified atom stereocenters. The van der Waals surface area contributed by atoms with Crippen molar-refractivity contribution in [2.24, 2.45) is 5.92 Å². The van der Waals surface area contributed by atoms with Crippen LogP contribution in [0.15, 0.2) is 29.6 Å². The van der Waals surface area contributed by atoms with Gasteiger partial charge in [-0.05, 0) is 44.0 Å². The summed E-state index contributed by atoms with van der Waals surface area (Å²) >= 11 is 7.68. The lowest BCUT2D eigenvalue weighted by Gasteiger charge is -2.21. The molecule has 1 N–H and O–H groups in total. The fourth-order valence-corrected chi connectivity index (χ4v) is 3.55. The number of nitrogens with one attached hydrogen (secondary N) is 1.